The maximum atomic E-state index is 13.9. The molecule has 2 amide bonds. The number of hydrogen-bond acceptors (Lipinski definition) is 3. The van der Waals surface area contributed by atoms with Crippen molar-refractivity contribution < 1.29 is 17.6 Å². The van der Waals surface area contributed by atoms with Crippen LogP contribution in [0.15, 0.2) is 23.1 Å². The molecule has 0 saturated heterocycles. The number of carbonyl (C=O) groups is 1. The average molecular weight is 344 g/mol. The predicted octanol–water partition coefficient (Wildman–Crippen LogP) is 3.17. The molecule has 0 aliphatic rings. The van der Waals surface area contributed by atoms with Gasteiger partial charge in [0.2, 0.25) is 0 Å². The van der Waals surface area contributed by atoms with Gasteiger partial charge in [-0.1, -0.05) is 19.9 Å². The van der Waals surface area contributed by atoms with Gasteiger partial charge in [-0.2, -0.15) is 0 Å². The molecular formula is C16H25FN2O3S. The van der Waals surface area contributed by atoms with Crippen molar-refractivity contribution >= 4 is 15.9 Å². The lowest BCUT2D eigenvalue weighted by atomic mass is 9.96. The van der Waals surface area contributed by atoms with Crippen LogP contribution in [0.1, 0.15) is 52.1 Å². The minimum atomic E-state index is -3.60. The van der Waals surface area contributed by atoms with Gasteiger partial charge in [0.25, 0.3) is 0 Å². The third kappa shape index (κ3) is 5.20. The standard InChI is InChI=1S/C16H25FN2O3S/c1-6-16(4,7-2)19-15(20)18-11(3)12-8-9-14(13(17)10-12)23(5,21)22/h8-11H,6-7H2,1-5H3,(H2,18,19,20)/t11-/m0/s1. The van der Waals surface area contributed by atoms with Crippen molar-refractivity contribution in [3.8, 4) is 0 Å². The molecule has 0 aliphatic carbocycles. The number of sulfone groups is 1. The molecule has 0 aliphatic heterocycles. The highest BCUT2D eigenvalue weighted by Gasteiger charge is 2.23. The fourth-order valence-electron chi connectivity index (χ4n) is 2.10. The molecule has 0 saturated carbocycles. The molecule has 5 nitrogen and oxygen atoms in total. The second-order valence-corrected chi connectivity index (χ2v) is 8.03. The van der Waals surface area contributed by atoms with Crippen LogP contribution in [0, 0.1) is 5.82 Å². The van der Waals surface area contributed by atoms with Crippen LogP contribution in [-0.4, -0.2) is 26.2 Å². The van der Waals surface area contributed by atoms with Gasteiger partial charge in [0, 0.05) is 11.8 Å². The topological polar surface area (TPSA) is 75.3 Å². The van der Waals surface area contributed by atoms with Gasteiger partial charge in [0.1, 0.15) is 10.7 Å². The van der Waals surface area contributed by atoms with Crippen LogP contribution < -0.4 is 10.6 Å². The van der Waals surface area contributed by atoms with Crippen LogP contribution in [0.2, 0.25) is 0 Å². The first-order valence-electron chi connectivity index (χ1n) is 7.60. The van der Waals surface area contributed by atoms with Gasteiger partial charge < -0.3 is 10.6 Å². The molecule has 7 heteroatoms. The van der Waals surface area contributed by atoms with Crippen LogP contribution in [0.5, 0.6) is 0 Å². The van der Waals surface area contributed by atoms with Crippen LogP contribution in [-0.2, 0) is 9.84 Å². The van der Waals surface area contributed by atoms with Crippen molar-refractivity contribution in [2.24, 2.45) is 0 Å². The second-order valence-electron chi connectivity index (χ2n) is 6.05. The highest BCUT2D eigenvalue weighted by Crippen LogP contribution is 2.20. The lowest BCUT2D eigenvalue weighted by Gasteiger charge is -2.29. The molecule has 1 atom stereocenters. The largest absolute Gasteiger partial charge is 0.333 e. The molecule has 130 valence electrons. The number of rotatable bonds is 6. The number of carbonyl (C=O) groups excluding carboxylic acids is 1. The molecular weight excluding hydrogens is 319 g/mol. The van der Waals surface area contributed by atoms with E-state index in [1.807, 2.05) is 20.8 Å². The van der Waals surface area contributed by atoms with Crippen molar-refractivity contribution in [3.05, 3.63) is 29.6 Å². The first-order valence-corrected chi connectivity index (χ1v) is 9.49. The summed E-state index contributed by atoms with van der Waals surface area (Å²) in [5.41, 5.74) is 0.203. The maximum absolute atomic E-state index is 13.9. The third-order valence-corrected chi connectivity index (χ3v) is 5.31. The Kier molecular flexibility index (Phi) is 6.16. The zero-order valence-corrected chi connectivity index (χ0v) is 15.1. The summed E-state index contributed by atoms with van der Waals surface area (Å²) in [5, 5.41) is 5.64. The van der Waals surface area contributed by atoms with Gasteiger partial charge in [0.05, 0.1) is 6.04 Å². The summed E-state index contributed by atoms with van der Waals surface area (Å²) in [6.07, 6.45) is 2.54. The number of nitrogens with one attached hydrogen (secondary N) is 2. The Labute approximate surface area is 137 Å². The van der Waals surface area contributed by atoms with Crippen LogP contribution >= 0.6 is 0 Å². The van der Waals surface area contributed by atoms with Crippen LogP contribution in [0.25, 0.3) is 0 Å². The number of urea groups is 1. The minimum absolute atomic E-state index is 0.296. The number of hydrogen-bond donors (Lipinski definition) is 2. The van der Waals surface area contributed by atoms with Crippen molar-refractivity contribution in [1.29, 1.82) is 0 Å². The van der Waals surface area contributed by atoms with E-state index in [0.29, 0.717) is 5.56 Å². The quantitative estimate of drug-likeness (QED) is 0.832. The summed E-state index contributed by atoms with van der Waals surface area (Å²) in [6, 6.07) is 3.08. The number of amides is 2. The van der Waals surface area contributed by atoms with Crippen molar-refractivity contribution in [1.82, 2.24) is 10.6 Å². The highest BCUT2D eigenvalue weighted by atomic mass is 32.2. The summed E-state index contributed by atoms with van der Waals surface area (Å²) in [6.45, 7) is 7.65. The number of benzene rings is 1. The summed E-state index contributed by atoms with van der Waals surface area (Å²) in [4.78, 5) is 11.7. The fourth-order valence-corrected chi connectivity index (χ4v) is 2.83. The SMILES string of the molecule is CCC(C)(CC)NC(=O)N[C@@H](C)c1ccc(S(C)(=O)=O)c(F)c1. The summed E-state index contributed by atoms with van der Waals surface area (Å²) >= 11 is 0. The Morgan fingerprint density at radius 1 is 1.30 bits per heavy atom. The predicted molar refractivity (Wildman–Crippen MR) is 88.6 cm³/mol. The first kappa shape index (κ1) is 19.4. The molecule has 0 spiro atoms. The molecule has 1 aromatic carbocycles. The van der Waals surface area contributed by atoms with E-state index in [-0.39, 0.29) is 16.5 Å². The lowest BCUT2D eigenvalue weighted by Crippen LogP contribution is -2.50. The Balaban J connectivity index is 2.85. The van der Waals surface area contributed by atoms with Crippen LogP contribution in [0.4, 0.5) is 9.18 Å². The van der Waals surface area contributed by atoms with E-state index in [1.54, 1.807) is 6.92 Å². The molecule has 0 radical (unpaired) electrons. The zero-order valence-electron chi connectivity index (χ0n) is 14.2. The molecule has 1 aromatic rings. The normalized spacial score (nSPS) is 13.5. The fraction of sp³-hybridized carbons (Fsp3) is 0.562. The summed E-state index contributed by atoms with van der Waals surface area (Å²) in [5.74, 6) is -0.814. The third-order valence-electron chi connectivity index (χ3n) is 4.18. The van der Waals surface area contributed by atoms with Crippen molar-refractivity contribution in [3.63, 3.8) is 0 Å². The van der Waals surface area contributed by atoms with E-state index in [1.165, 1.54) is 12.1 Å². The monoisotopic (exact) mass is 344 g/mol. The van der Waals surface area contributed by atoms with E-state index in [2.05, 4.69) is 10.6 Å². The van der Waals surface area contributed by atoms with E-state index >= 15 is 0 Å². The molecule has 0 heterocycles. The van der Waals surface area contributed by atoms with E-state index < -0.39 is 21.7 Å². The Bertz CT molecular complexity index is 670. The average Bonchev–Trinajstić information content (AvgIpc) is 2.45. The molecule has 0 fully saturated rings. The van der Waals surface area contributed by atoms with Crippen molar-refractivity contribution in [2.45, 2.75) is 57.0 Å². The van der Waals surface area contributed by atoms with Gasteiger partial charge in [-0.15, -0.1) is 0 Å². The van der Waals surface area contributed by atoms with E-state index in [9.17, 15) is 17.6 Å². The van der Waals surface area contributed by atoms with Gasteiger partial charge in [0.15, 0.2) is 9.84 Å². The van der Waals surface area contributed by atoms with Gasteiger partial charge in [-0.25, -0.2) is 17.6 Å². The second kappa shape index (κ2) is 7.29. The highest BCUT2D eigenvalue weighted by molar-refractivity contribution is 7.90. The summed E-state index contributed by atoms with van der Waals surface area (Å²) < 4.78 is 36.7. The van der Waals surface area contributed by atoms with Gasteiger partial charge in [-0.05, 0) is 44.4 Å². The van der Waals surface area contributed by atoms with E-state index in [0.717, 1.165) is 25.2 Å². The molecule has 0 aromatic heterocycles. The minimum Gasteiger partial charge on any atom is -0.333 e. The molecule has 0 unspecified atom stereocenters. The molecule has 0 bridgehead atoms. The smallest absolute Gasteiger partial charge is 0.315 e. The van der Waals surface area contributed by atoms with Crippen molar-refractivity contribution in [2.75, 3.05) is 6.26 Å². The Hall–Kier alpha value is -1.63. The molecule has 23 heavy (non-hydrogen) atoms. The maximum Gasteiger partial charge on any atom is 0.315 e. The first-order chi connectivity index (χ1) is 10.5. The Morgan fingerprint density at radius 3 is 2.30 bits per heavy atom. The van der Waals surface area contributed by atoms with Gasteiger partial charge >= 0.3 is 6.03 Å². The number of halogens is 1. The van der Waals surface area contributed by atoms with E-state index in [4.69, 9.17) is 0 Å². The lowest BCUT2D eigenvalue weighted by molar-refractivity contribution is 0.221. The zero-order chi connectivity index (χ0) is 17.8. The van der Waals surface area contributed by atoms with Gasteiger partial charge in [-0.3, -0.25) is 0 Å². The molecule has 1 rings (SSSR count). The Morgan fingerprint density at radius 2 is 1.87 bits per heavy atom. The summed E-state index contributed by atoms with van der Waals surface area (Å²) in [7, 11) is -3.60. The molecule has 2 N–H and O–H groups in total. The van der Waals surface area contributed by atoms with Crippen LogP contribution in [0.3, 0.4) is 0 Å².